The number of aldehydes is 1. The van der Waals surface area contributed by atoms with Crippen molar-refractivity contribution in [2.75, 3.05) is 0 Å². The van der Waals surface area contributed by atoms with Crippen molar-refractivity contribution in [3.8, 4) is 0 Å². The fourth-order valence-electron chi connectivity index (χ4n) is 2.45. The molecule has 0 fully saturated rings. The highest BCUT2D eigenvalue weighted by Crippen LogP contribution is 2.42. The Morgan fingerprint density at radius 2 is 1.58 bits per heavy atom. The SMILES string of the molecule is O=CC[C@@H](c1ccccc1)[C@](F)([N+](=O)[O-])S(=O)(=O)c1ccccc1. The van der Waals surface area contributed by atoms with Crippen LogP contribution in [0.25, 0.3) is 0 Å². The van der Waals surface area contributed by atoms with Gasteiger partial charge in [0.2, 0.25) is 0 Å². The number of nitro groups is 1. The van der Waals surface area contributed by atoms with Crippen molar-refractivity contribution in [2.24, 2.45) is 0 Å². The van der Waals surface area contributed by atoms with Crippen molar-refractivity contribution < 1.29 is 22.5 Å². The van der Waals surface area contributed by atoms with E-state index < -0.39 is 37.1 Å². The molecule has 0 aromatic heterocycles. The molecule has 0 N–H and O–H groups in total. The van der Waals surface area contributed by atoms with Gasteiger partial charge in [-0.3, -0.25) is 10.1 Å². The van der Waals surface area contributed by atoms with Gasteiger partial charge >= 0.3 is 5.12 Å². The van der Waals surface area contributed by atoms with Crippen LogP contribution in [0.3, 0.4) is 0 Å². The molecule has 2 rings (SSSR count). The molecule has 2 atom stereocenters. The minimum Gasteiger partial charge on any atom is -0.303 e. The maximum Gasteiger partial charge on any atom is 0.469 e. The molecule has 0 aliphatic carbocycles. The molecule has 6 nitrogen and oxygen atoms in total. The van der Waals surface area contributed by atoms with Gasteiger partial charge in [0, 0.05) is 6.42 Å². The van der Waals surface area contributed by atoms with Crippen molar-refractivity contribution in [1.29, 1.82) is 0 Å². The topological polar surface area (TPSA) is 94.3 Å². The van der Waals surface area contributed by atoms with Crippen LogP contribution in [0.5, 0.6) is 0 Å². The highest BCUT2D eigenvalue weighted by atomic mass is 32.2. The molecule has 0 heterocycles. The fourth-order valence-corrected chi connectivity index (χ4v) is 4.10. The number of sulfone groups is 1. The van der Waals surface area contributed by atoms with E-state index in [0.717, 1.165) is 12.1 Å². The van der Waals surface area contributed by atoms with Crippen LogP contribution in [-0.4, -0.2) is 24.8 Å². The average molecular weight is 351 g/mol. The number of hydrogen-bond acceptors (Lipinski definition) is 5. The second kappa shape index (κ2) is 6.88. The Labute approximate surface area is 138 Å². The minimum atomic E-state index is -4.99. The molecule has 0 spiro atoms. The van der Waals surface area contributed by atoms with E-state index in [9.17, 15) is 23.3 Å². The fraction of sp³-hybridized carbons (Fsp3) is 0.188. The standard InChI is InChI=1S/C16H14FNO5S/c17-16(18(20)21,24(22,23)14-9-5-2-6-10-14)15(11-12-19)13-7-3-1-4-8-13/h1-10,12,15H,11H2/t15-,16-/m0/s1. The van der Waals surface area contributed by atoms with Gasteiger partial charge < -0.3 is 4.79 Å². The van der Waals surface area contributed by atoms with Gasteiger partial charge in [0.05, 0.1) is 9.82 Å². The molecule has 0 aliphatic heterocycles. The summed E-state index contributed by atoms with van der Waals surface area (Å²) in [5, 5.41) is 7.60. The van der Waals surface area contributed by atoms with E-state index in [1.165, 1.54) is 42.5 Å². The normalized spacial score (nSPS) is 15.2. The number of carbonyl (C=O) groups is 1. The third-order valence-electron chi connectivity index (χ3n) is 3.64. The number of halogens is 1. The Balaban J connectivity index is 2.69. The summed E-state index contributed by atoms with van der Waals surface area (Å²) >= 11 is 0. The summed E-state index contributed by atoms with van der Waals surface area (Å²) in [6.45, 7) is 0. The van der Waals surface area contributed by atoms with Gasteiger partial charge in [-0.15, -0.1) is 4.39 Å². The van der Waals surface area contributed by atoms with E-state index in [1.54, 1.807) is 6.07 Å². The lowest BCUT2D eigenvalue weighted by Gasteiger charge is -2.25. The summed E-state index contributed by atoms with van der Waals surface area (Å²) in [6.07, 6.45) is -0.371. The minimum absolute atomic E-state index is 0.0586. The summed E-state index contributed by atoms with van der Waals surface area (Å²) in [6, 6.07) is 13.6. The van der Waals surface area contributed by atoms with Gasteiger partial charge in [-0.25, -0.2) is 8.42 Å². The maximum absolute atomic E-state index is 15.5. The zero-order chi connectivity index (χ0) is 17.8. The van der Waals surface area contributed by atoms with E-state index in [1.807, 2.05) is 0 Å². The molecule has 0 aliphatic rings. The summed E-state index contributed by atoms with van der Waals surface area (Å²) in [4.78, 5) is 20.4. The van der Waals surface area contributed by atoms with Gasteiger partial charge in [0.1, 0.15) is 12.2 Å². The van der Waals surface area contributed by atoms with Crippen LogP contribution in [0.1, 0.15) is 17.9 Å². The predicted octanol–water partition coefficient (Wildman–Crippen LogP) is 2.73. The lowest BCUT2D eigenvalue weighted by molar-refractivity contribution is -0.578. The molecular weight excluding hydrogens is 337 g/mol. The summed E-state index contributed by atoms with van der Waals surface area (Å²) in [5.41, 5.74) is 0.0586. The van der Waals surface area contributed by atoms with E-state index in [4.69, 9.17) is 0 Å². The van der Waals surface area contributed by atoms with E-state index in [0.29, 0.717) is 0 Å². The molecule has 0 saturated carbocycles. The third-order valence-corrected chi connectivity index (χ3v) is 5.72. The van der Waals surface area contributed by atoms with Gasteiger partial charge in [-0.2, -0.15) is 0 Å². The quantitative estimate of drug-likeness (QED) is 0.331. The molecule has 0 radical (unpaired) electrons. The van der Waals surface area contributed by atoms with Gasteiger partial charge in [0.25, 0.3) is 9.84 Å². The van der Waals surface area contributed by atoms with Crippen LogP contribution in [0.2, 0.25) is 0 Å². The number of nitrogens with zero attached hydrogens (tertiary/aromatic N) is 1. The monoisotopic (exact) mass is 351 g/mol. The Bertz CT molecular complexity index is 826. The average Bonchev–Trinajstić information content (AvgIpc) is 2.60. The van der Waals surface area contributed by atoms with Crippen molar-refractivity contribution in [2.45, 2.75) is 22.4 Å². The van der Waals surface area contributed by atoms with Crippen LogP contribution >= 0.6 is 0 Å². The molecule has 0 saturated heterocycles. The summed E-state index contributed by atoms with van der Waals surface area (Å²) < 4.78 is 40.8. The first-order chi connectivity index (χ1) is 11.4. The van der Waals surface area contributed by atoms with Crippen LogP contribution in [0, 0.1) is 10.1 Å². The Hall–Kier alpha value is -2.61. The molecule has 2 aromatic rings. The molecular formula is C16H14FNO5S. The van der Waals surface area contributed by atoms with E-state index in [2.05, 4.69) is 0 Å². The second-order valence-electron chi connectivity index (χ2n) is 5.05. The lowest BCUT2D eigenvalue weighted by Crippen LogP contribution is -2.47. The van der Waals surface area contributed by atoms with Crippen LogP contribution < -0.4 is 0 Å². The lowest BCUT2D eigenvalue weighted by atomic mass is 9.95. The van der Waals surface area contributed by atoms with Gasteiger partial charge in [-0.05, 0) is 17.7 Å². The molecule has 24 heavy (non-hydrogen) atoms. The first-order valence-electron chi connectivity index (χ1n) is 6.97. The molecule has 0 amide bonds. The first kappa shape index (κ1) is 17.7. The largest absolute Gasteiger partial charge is 0.469 e. The van der Waals surface area contributed by atoms with Crippen molar-refractivity contribution in [3.63, 3.8) is 0 Å². The molecule has 126 valence electrons. The van der Waals surface area contributed by atoms with Gasteiger partial charge in [-0.1, -0.05) is 48.5 Å². The van der Waals surface area contributed by atoms with Crippen LogP contribution in [0.15, 0.2) is 65.6 Å². The zero-order valence-electron chi connectivity index (χ0n) is 12.4. The number of rotatable bonds is 7. The number of carbonyl (C=O) groups excluding carboxylic acids is 1. The second-order valence-corrected chi connectivity index (χ2v) is 7.10. The van der Waals surface area contributed by atoms with Crippen molar-refractivity contribution in [3.05, 3.63) is 76.3 Å². The summed E-state index contributed by atoms with van der Waals surface area (Å²) in [5.74, 6) is -1.77. The van der Waals surface area contributed by atoms with Crippen molar-refractivity contribution in [1.82, 2.24) is 0 Å². The van der Waals surface area contributed by atoms with E-state index in [-0.39, 0.29) is 11.8 Å². The highest BCUT2D eigenvalue weighted by Gasteiger charge is 2.63. The Morgan fingerprint density at radius 3 is 2.04 bits per heavy atom. The molecule has 0 bridgehead atoms. The number of benzene rings is 2. The Kier molecular flexibility index (Phi) is 5.08. The smallest absolute Gasteiger partial charge is 0.303 e. The zero-order valence-corrected chi connectivity index (χ0v) is 13.2. The Morgan fingerprint density at radius 1 is 1.08 bits per heavy atom. The predicted molar refractivity (Wildman–Crippen MR) is 84.3 cm³/mol. The summed E-state index contributed by atoms with van der Waals surface area (Å²) in [7, 11) is -4.99. The van der Waals surface area contributed by atoms with E-state index >= 15 is 4.39 Å². The van der Waals surface area contributed by atoms with Crippen molar-refractivity contribution >= 4 is 16.1 Å². The maximum atomic E-state index is 15.5. The molecule has 2 aromatic carbocycles. The van der Waals surface area contributed by atoms with Crippen LogP contribution in [-0.2, 0) is 14.6 Å². The number of hydrogen-bond donors (Lipinski definition) is 0. The molecule has 0 unspecified atom stereocenters. The number of alkyl halides is 1. The highest BCUT2D eigenvalue weighted by molar-refractivity contribution is 7.92. The van der Waals surface area contributed by atoms with Crippen LogP contribution in [0.4, 0.5) is 4.39 Å². The third kappa shape index (κ3) is 2.92. The molecule has 8 heteroatoms. The van der Waals surface area contributed by atoms with Gasteiger partial charge in [0.15, 0.2) is 0 Å². The first-order valence-corrected chi connectivity index (χ1v) is 8.45.